The highest BCUT2D eigenvalue weighted by Gasteiger charge is 2.40. The highest BCUT2D eigenvalue weighted by atomic mass is 15.3. The number of nitrogens with one attached hydrogen (secondary N) is 1. The summed E-state index contributed by atoms with van der Waals surface area (Å²) in [7, 11) is 0. The zero-order chi connectivity index (χ0) is 12.7. The molecule has 0 aromatic heterocycles. The van der Waals surface area contributed by atoms with E-state index in [1.165, 1.54) is 45.2 Å². The summed E-state index contributed by atoms with van der Waals surface area (Å²) in [6.07, 6.45) is 7.27. The van der Waals surface area contributed by atoms with Crippen LogP contribution < -0.4 is 5.32 Å². The van der Waals surface area contributed by atoms with Gasteiger partial charge in [-0.15, -0.1) is 0 Å². The van der Waals surface area contributed by atoms with Crippen LogP contribution in [0.2, 0.25) is 0 Å². The highest BCUT2D eigenvalue weighted by molar-refractivity contribution is 4.97. The quantitative estimate of drug-likeness (QED) is 0.811. The van der Waals surface area contributed by atoms with E-state index in [-0.39, 0.29) is 0 Å². The van der Waals surface area contributed by atoms with Crippen molar-refractivity contribution in [2.24, 2.45) is 17.8 Å². The summed E-state index contributed by atoms with van der Waals surface area (Å²) >= 11 is 0. The molecular formula is C16H30N2. The van der Waals surface area contributed by atoms with Gasteiger partial charge in [-0.05, 0) is 43.9 Å². The number of hydrogen-bond acceptors (Lipinski definition) is 2. The Balaban J connectivity index is 1.67. The molecule has 5 atom stereocenters. The Morgan fingerprint density at radius 2 is 1.78 bits per heavy atom. The van der Waals surface area contributed by atoms with Gasteiger partial charge in [-0.2, -0.15) is 0 Å². The molecule has 1 aliphatic heterocycles. The van der Waals surface area contributed by atoms with Gasteiger partial charge in [0.25, 0.3) is 0 Å². The monoisotopic (exact) mass is 250 g/mol. The van der Waals surface area contributed by atoms with Crippen molar-refractivity contribution in [1.29, 1.82) is 0 Å². The molecule has 3 rings (SSSR count). The van der Waals surface area contributed by atoms with Crippen molar-refractivity contribution >= 4 is 0 Å². The number of rotatable bonds is 2. The van der Waals surface area contributed by atoms with E-state index in [1.54, 1.807) is 0 Å². The number of hydrogen-bond donors (Lipinski definition) is 1. The van der Waals surface area contributed by atoms with Gasteiger partial charge in [-0.3, -0.25) is 4.90 Å². The smallest absolute Gasteiger partial charge is 0.0224 e. The molecular weight excluding hydrogens is 220 g/mol. The zero-order valence-electron chi connectivity index (χ0n) is 12.4. The van der Waals surface area contributed by atoms with E-state index in [1.807, 2.05) is 0 Å². The fourth-order valence-electron chi connectivity index (χ4n) is 4.21. The molecule has 3 fully saturated rings. The van der Waals surface area contributed by atoms with Gasteiger partial charge in [0.2, 0.25) is 0 Å². The Kier molecular flexibility index (Phi) is 3.68. The lowest BCUT2D eigenvalue weighted by molar-refractivity contribution is 0.0214. The molecule has 0 spiro atoms. The van der Waals surface area contributed by atoms with Gasteiger partial charge in [0.05, 0.1) is 0 Å². The minimum Gasteiger partial charge on any atom is -0.311 e. The predicted octanol–water partition coefficient (Wildman–Crippen LogP) is 2.88. The van der Waals surface area contributed by atoms with Crippen LogP contribution in [0.1, 0.15) is 52.9 Å². The van der Waals surface area contributed by atoms with Crippen molar-refractivity contribution in [3.63, 3.8) is 0 Å². The minimum atomic E-state index is 0.734. The van der Waals surface area contributed by atoms with Crippen LogP contribution in [0, 0.1) is 17.8 Å². The van der Waals surface area contributed by atoms with Crippen LogP contribution in [-0.4, -0.2) is 36.1 Å². The molecule has 18 heavy (non-hydrogen) atoms. The Labute approximate surface area is 113 Å². The third-order valence-electron chi connectivity index (χ3n) is 5.93. The third kappa shape index (κ3) is 2.46. The standard InChI is InChI=1S/C16H30N2/c1-11-5-4-6-16(13(11)3)18-10-15(14-7-8-14)17-9-12(18)2/h11-17H,4-10H2,1-3H3. The SMILES string of the molecule is CC1CCCC(N2CC(C3CC3)NCC2C)C1C. The first-order chi connectivity index (χ1) is 8.66. The van der Waals surface area contributed by atoms with Gasteiger partial charge < -0.3 is 5.32 Å². The Morgan fingerprint density at radius 1 is 1.00 bits per heavy atom. The van der Waals surface area contributed by atoms with Gasteiger partial charge in [0, 0.05) is 31.2 Å². The summed E-state index contributed by atoms with van der Waals surface area (Å²) in [4.78, 5) is 2.86. The summed E-state index contributed by atoms with van der Waals surface area (Å²) < 4.78 is 0. The van der Waals surface area contributed by atoms with Gasteiger partial charge in [0.1, 0.15) is 0 Å². The molecule has 2 aliphatic carbocycles. The Bertz CT molecular complexity index is 287. The first-order valence-corrected chi connectivity index (χ1v) is 8.16. The highest BCUT2D eigenvalue weighted by Crippen LogP contribution is 2.38. The van der Waals surface area contributed by atoms with E-state index in [4.69, 9.17) is 0 Å². The van der Waals surface area contributed by atoms with E-state index < -0.39 is 0 Å². The molecule has 1 N–H and O–H groups in total. The van der Waals surface area contributed by atoms with Crippen molar-refractivity contribution in [3.8, 4) is 0 Å². The molecule has 0 amide bonds. The van der Waals surface area contributed by atoms with E-state index in [2.05, 4.69) is 31.0 Å². The van der Waals surface area contributed by atoms with Crippen molar-refractivity contribution in [2.45, 2.75) is 71.0 Å². The molecule has 5 unspecified atom stereocenters. The first kappa shape index (κ1) is 12.9. The van der Waals surface area contributed by atoms with Gasteiger partial charge in [-0.25, -0.2) is 0 Å². The summed E-state index contributed by atoms with van der Waals surface area (Å²) in [5, 5.41) is 3.78. The Hall–Kier alpha value is -0.0800. The van der Waals surface area contributed by atoms with E-state index >= 15 is 0 Å². The minimum absolute atomic E-state index is 0.734. The fourth-order valence-corrected chi connectivity index (χ4v) is 4.21. The van der Waals surface area contributed by atoms with Crippen molar-refractivity contribution in [2.75, 3.05) is 13.1 Å². The topological polar surface area (TPSA) is 15.3 Å². The van der Waals surface area contributed by atoms with Crippen LogP contribution in [0.5, 0.6) is 0 Å². The molecule has 2 nitrogen and oxygen atoms in total. The summed E-state index contributed by atoms with van der Waals surface area (Å²) in [5.74, 6) is 2.81. The summed E-state index contributed by atoms with van der Waals surface area (Å²) in [5.41, 5.74) is 0. The lowest BCUT2D eigenvalue weighted by Gasteiger charge is -2.48. The zero-order valence-corrected chi connectivity index (χ0v) is 12.4. The summed E-state index contributed by atoms with van der Waals surface area (Å²) in [6, 6.07) is 2.38. The third-order valence-corrected chi connectivity index (χ3v) is 5.93. The van der Waals surface area contributed by atoms with Crippen molar-refractivity contribution < 1.29 is 0 Å². The number of nitrogens with zero attached hydrogens (tertiary/aromatic N) is 1. The second-order valence-corrected chi connectivity index (χ2v) is 7.23. The van der Waals surface area contributed by atoms with Gasteiger partial charge >= 0.3 is 0 Å². The fraction of sp³-hybridized carbons (Fsp3) is 1.00. The molecule has 2 saturated carbocycles. The molecule has 0 bridgehead atoms. The van der Waals surface area contributed by atoms with Crippen LogP contribution in [0.3, 0.4) is 0 Å². The lowest BCUT2D eigenvalue weighted by Crippen LogP contribution is -2.61. The van der Waals surface area contributed by atoms with Crippen LogP contribution in [0.25, 0.3) is 0 Å². The molecule has 104 valence electrons. The maximum absolute atomic E-state index is 3.78. The second kappa shape index (κ2) is 5.13. The molecule has 0 radical (unpaired) electrons. The van der Waals surface area contributed by atoms with Gasteiger partial charge in [0.15, 0.2) is 0 Å². The average Bonchev–Trinajstić information content (AvgIpc) is 3.18. The normalized spacial score (nSPS) is 47.2. The largest absolute Gasteiger partial charge is 0.311 e. The maximum Gasteiger partial charge on any atom is 0.0224 e. The van der Waals surface area contributed by atoms with E-state index in [9.17, 15) is 0 Å². The molecule has 0 aromatic carbocycles. The lowest BCUT2D eigenvalue weighted by atomic mass is 9.76. The Morgan fingerprint density at radius 3 is 2.50 bits per heavy atom. The maximum atomic E-state index is 3.78. The first-order valence-electron chi connectivity index (χ1n) is 8.16. The molecule has 3 aliphatic rings. The molecule has 1 saturated heterocycles. The van der Waals surface area contributed by atoms with Crippen LogP contribution in [0.15, 0.2) is 0 Å². The van der Waals surface area contributed by atoms with Crippen molar-refractivity contribution in [3.05, 3.63) is 0 Å². The van der Waals surface area contributed by atoms with E-state index in [0.29, 0.717) is 0 Å². The second-order valence-electron chi connectivity index (χ2n) is 7.23. The molecule has 0 aromatic rings. The van der Waals surface area contributed by atoms with Crippen LogP contribution >= 0.6 is 0 Å². The summed E-state index contributed by atoms with van der Waals surface area (Å²) in [6.45, 7) is 9.89. The van der Waals surface area contributed by atoms with Crippen LogP contribution in [0.4, 0.5) is 0 Å². The van der Waals surface area contributed by atoms with E-state index in [0.717, 1.165) is 35.9 Å². The number of piperazine rings is 1. The average molecular weight is 250 g/mol. The molecule has 1 heterocycles. The van der Waals surface area contributed by atoms with Crippen molar-refractivity contribution in [1.82, 2.24) is 10.2 Å². The predicted molar refractivity (Wildman–Crippen MR) is 76.6 cm³/mol. The van der Waals surface area contributed by atoms with Crippen LogP contribution in [-0.2, 0) is 0 Å². The molecule has 2 heteroatoms. The van der Waals surface area contributed by atoms with Gasteiger partial charge in [-0.1, -0.05) is 26.7 Å².